The van der Waals surface area contributed by atoms with Gasteiger partial charge in [0.25, 0.3) is 0 Å². The van der Waals surface area contributed by atoms with Crippen molar-refractivity contribution in [3.63, 3.8) is 0 Å². The molecule has 0 saturated carbocycles. The molecule has 6 heteroatoms. The third kappa shape index (κ3) is 5.01. The average Bonchev–Trinajstić information content (AvgIpc) is 3.11. The minimum absolute atomic E-state index is 0. The summed E-state index contributed by atoms with van der Waals surface area (Å²) in [6.07, 6.45) is 4.93. The molecule has 0 N–H and O–H groups in total. The standard InChI is InChI=1S/C30H23O4P.Na/c31-35(32,33-29-19-23-11-3-1-9-21(23)17-25-13-5-7-15-27(25)29)34-30-20-24-12-4-2-10-22(24)18-26-14-6-8-16-28(26)30;/h1-16,19-20H,17-18H2,(H,31,32);/q;+1/p-1. The molecule has 0 heterocycles. The molecule has 0 unspecified atom stereocenters. The predicted molar refractivity (Wildman–Crippen MR) is 137 cm³/mol. The topological polar surface area (TPSA) is 58.6 Å². The Balaban J connectivity index is 0.00000267. The molecular formula is C30H22NaO4P. The molecule has 36 heavy (non-hydrogen) atoms. The monoisotopic (exact) mass is 500 g/mol. The van der Waals surface area contributed by atoms with Crippen LogP contribution < -0.4 is 34.5 Å². The Morgan fingerprint density at radius 2 is 0.917 bits per heavy atom. The largest absolute Gasteiger partial charge is 1.00 e. The fraction of sp³-hybridized carbons (Fsp3) is 0.0667. The molecule has 0 radical (unpaired) electrons. The number of hydrogen-bond acceptors (Lipinski definition) is 4. The van der Waals surface area contributed by atoms with Crippen molar-refractivity contribution in [2.45, 2.75) is 12.8 Å². The SMILES string of the molecule is O=P([O-])(OC1=Cc2ccccc2Cc2ccccc21)OC1=Cc2ccccc2Cc2ccccc21.[Na+]. The van der Waals surface area contributed by atoms with Crippen molar-refractivity contribution < 1.29 is 48.1 Å². The summed E-state index contributed by atoms with van der Waals surface area (Å²) in [5.74, 6) is 0.513. The van der Waals surface area contributed by atoms with E-state index in [0.717, 1.165) is 44.5 Å². The molecule has 0 fully saturated rings. The first-order chi connectivity index (χ1) is 17.1. The van der Waals surface area contributed by atoms with Gasteiger partial charge in [-0.25, -0.2) is 4.57 Å². The van der Waals surface area contributed by atoms with Gasteiger partial charge in [0.1, 0.15) is 11.5 Å². The van der Waals surface area contributed by atoms with Crippen LogP contribution in [0.3, 0.4) is 0 Å². The maximum Gasteiger partial charge on any atom is 1.00 e. The number of phosphoric acid groups is 1. The van der Waals surface area contributed by atoms with E-state index in [1.165, 1.54) is 0 Å². The van der Waals surface area contributed by atoms with Gasteiger partial charge >= 0.3 is 37.4 Å². The minimum Gasteiger partial charge on any atom is -0.736 e. The van der Waals surface area contributed by atoms with Gasteiger partial charge < -0.3 is 13.9 Å². The molecule has 0 bridgehead atoms. The fourth-order valence-corrected chi connectivity index (χ4v) is 5.58. The zero-order chi connectivity index (χ0) is 23.8. The van der Waals surface area contributed by atoms with Gasteiger partial charge in [0, 0.05) is 11.1 Å². The quantitative estimate of drug-likeness (QED) is 0.317. The smallest absolute Gasteiger partial charge is 0.736 e. The van der Waals surface area contributed by atoms with E-state index in [0.29, 0.717) is 12.8 Å². The van der Waals surface area contributed by atoms with Crippen molar-refractivity contribution >= 4 is 31.5 Å². The summed E-state index contributed by atoms with van der Waals surface area (Å²) in [5, 5.41) is 0. The van der Waals surface area contributed by atoms with Gasteiger partial charge in [-0.3, -0.25) is 0 Å². The van der Waals surface area contributed by atoms with Gasteiger partial charge in [0.05, 0.1) is 0 Å². The zero-order valence-electron chi connectivity index (χ0n) is 19.9. The number of benzene rings is 4. The molecule has 172 valence electrons. The fourth-order valence-electron chi connectivity index (χ4n) is 4.76. The predicted octanol–water partition coefficient (Wildman–Crippen LogP) is 3.70. The van der Waals surface area contributed by atoms with E-state index in [-0.39, 0.29) is 41.1 Å². The molecule has 0 atom stereocenters. The molecule has 2 aliphatic rings. The summed E-state index contributed by atoms with van der Waals surface area (Å²) in [6, 6.07) is 31.2. The summed E-state index contributed by atoms with van der Waals surface area (Å²) in [5.41, 5.74) is 7.54. The molecule has 4 nitrogen and oxygen atoms in total. The molecule has 0 aliphatic heterocycles. The first kappa shape index (κ1) is 24.8. The maximum atomic E-state index is 13.3. The van der Waals surface area contributed by atoms with E-state index < -0.39 is 7.82 Å². The first-order valence-electron chi connectivity index (χ1n) is 11.5. The summed E-state index contributed by atoms with van der Waals surface area (Å²) >= 11 is 0. The van der Waals surface area contributed by atoms with E-state index in [1.807, 2.05) is 97.1 Å². The van der Waals surface area contributed by atoms with Crippen LogP contribution in [0, 0.1) is 0 Å². The van der Waals surface area contributed by atoms with Crippen molar-refractivity contribution in [1.82, 2.24) is 0 Å². The number of phosphoric ester groups is 1. The molecule has 6 rings (SSSR count). The summed E-state index contributed by atoms with van der Waals surface area (Å²) in [4.78, 5) is 13.3. The third-order valence-corrected chi connectivity index (χ3v) is 7.27. The molecule has 4 aromatic rings. The normalized spacial score (nSPS) is 13.7. The number of rotatable bonds is 4. The van der Waals surface area contributed by atoms with Gasteiger partial charge in [-0.2, -0.15) is 0 Å². The molecule has 4 aromatic carbocycles. The summed E-state index contributed by atoms with van der Waals surface area (Å²) in [7, 11) is -4.79. The van der Waals surface area contributed by atoms with Crippen LogP contribution in [0.25, 0.3) is 23.7 Å². The van der Waals surface area contributed by atoms with Crippen molar-refractivity contribution in [3.8, 4) is 0 Å². The van der Waals surface area contributed by atoms with E-state index in [4.69, 9.17) is 9.05 Å². The van der Waals surface area contributed by atoms with Crippen LogP contribution in [-0.2, 0) is 26.5 Å². The molecule has 2 aliphatic carbocycles. The van der Waals surface area contributed by atoms with Gasteiger partial charge in [-0.05, 0) is 58.4 Å². The van der Waals surface area contributed by atoms with Gasteiger partial charge in [-0.1, -0.05) is 97.1 Å². The Kier molecular flexibility index (Phi) is 7.07. The molecule has 0 saturated heterocycles. The van der Waals surface area contributed by atoms with Crippen LogP contribution in [0.2, 0.25) is 0 Å². The Morgan fingerprint density at radius 3 is 1.36 bits per heavy atom. The molecule has 0 aromatic heterocycles. The van der Waals surface area contributed by atoms with Gasteiger partial charge in [-0.15, -0.1) is 0 Å². The summed E-state index contributed by atoms with van der Waals surface area (Å²) < 4.78 is 24.7. The van der Waals surface area contributed by atoms with E-state index in [2.05, 4.69) is 0 Å². The Bertz CT molecular complexity index is 1440. The van der Waals surface area contributed by atoms with Crippen LogP contribution in [0.4, 0.5) is 0 Å². The van der Waals surface area contributed by atoms with E-state index in [9.17, 15) is 9.46 Å². The van der Waals surface area contributed by atoms with E-state index in [1.54, 1.807) is 12.2 Å². The van der Waals surface area contributed by atoms with Gasteiger partial charge in [0.15, 0.2) is 0 Å². The number of hydrogen-bond donors (Lipinski definition) is 0. The minimum atomic E-state index is -4.79. The first-order valence-corrected chi connectivity index (χ1v) is 13.0. The van der Waals surface area contributed by atoms with Crippen LogP contribution >= 0.6 is 7.82 Å². The van der Waals surface area contributed by atoms with Gasteiger partial charge in [0.2, 0.25) is 0 Å². The Morgan fingerprint density at radius 1 is 0.556 bits per heavy atom. The van der Waals surface area contributed by atoms with Crippen LogP contribution in [0.1, 0.15) is 44.5 Å². The summed E-state index contributed by atoms with van der Waals surface area (Å²) in [6.45, 7) is 0. The second-order valence-corrected chi connectivity index (χ2v) is 9.97. The maximum absolute atomic E-state index is 13.3. The van der Waals surface area contributed by atoms with Crippen molar-refractivity contribution in [3.05, 3.63) is 142 Å². The van der Waals surface area contributed by atoms with Crippen LogP contribution in [-0.4, -0.2) is 0 Å². The zero-order valence-corrected chi connectivity index (χ0v) is 22.8. The Hall–Kier alpha value is -2.85. The second-order valence-electron chi connectivity index (χ2n) is 8.71. The van der Waals surface area contributed by atoms with Crippen LogP contribution in [0.5, 0.6) is 0 Å². The average molecular weight is 500 g/mol. The molecular weight excluding hydrogens is 478 g/mol. The van der Waals surface area contributed by atoms with Crippen molar-refractivity contribution in [2.75, 3.05) is 0 Å². The second kappa shape index (κ2) is 10.3. The van der Waals surface area contributed by atoms with Crippen molar-refractivity contribution in [1.29, 1.82) is 0 Å². The van der Waals surface area contributed by atoms with Crippen molar-refractivity contribution in [2.24, 2.45) is 0 Å². The molecule has 0 amide bonds. The Labute approximate surface area is 232 Å². The third-order valence-electron chi connectivity index (χ3n) is 6.43. The van der Waals surface area contributed by atoms with Crippen LogP contribution in [0.15, 0.2) is 97.1 Å². The molecule has 0 spiro atoms. The van der Waals surface area contributed by atoms with E-state index >= 15 is 0 Å². The number of fused-ring (bicyclic) bond motifs is 4.